The van der Waals surface area contributed by atoms with Gasteiger partial charge in [-0.2, -0.15) is 0 Å². The SMILES string of the molecule is [N-]=[N+]=NCc1nccn1Cc1ccccc1. The highest BCUT2D eigenvalue weighted by Crippen LogP contribution is 2.06. The van der Waals surface area contributed by atoms with Crippen molar-refractivity contribution in [1.29, 1.82) is 0 Å². The summed E-state index contributed by atoms with van der Waals surface area (Å²) in [6, 6.07) is 10.1. The van der Waals surface area contributed by atoms with Crippen molar-refractivity contribution in [2.24, 2.45) is 5.11 Å². The molecular formula is C11H11N5. The molecule has 2 aromatic rings. The molecule has 0 atom stereocenters. The predicted molar refractivity (Wildman–Crippen MR) is 60.6 cm³/mol. The maximum absolute atomic E-state index is 8.27. The molecule has 0 saturated heterocycles. The number of imidazole rings is 1. The van der Waals surface area contributed by atoms with Crippen LogP contribution in [0.15, 0.2) is 47.8 Å². The molecular weight excluding hydrogens is 202 g/mol. The lowest BCUT2D eigenvalue weighted by molar-refractivity contribution is 0.722. The maximum atomic E-state index is 8.27. The van der Waals surface area contributed by atoms with Gasteiger partial charge in [0.15, 0.2) is 0 Å². The average Bonchev–Trinajstić information content (AvgIpc) is 2.75. The van der Waals surface area contributed by atoms with Crippen LogP contribution in [0.4, 0.5) is 0 Å². The van der Waals surface area contributed by atoms with Crippen molar-refractivity contribution in [2.75, 3.05) is 0 Å². The van der Waals surface area contributed by atoms with Gasteiger partial charge >= 0.3 is 0 Å². The predicted octanol–water partition coefficient (Wildman–Crippen LogP) is 2.74. The Bertz CT molecular complexity index is 496. The van der Waals surface area contributed by atoms with Crippen LogP contribution in [-0.2, 0) is 13.1 Å². The standard InChI is InChI=1S/C11H11N5/c12-15-14-8-11-13-6-7-16(11)9-10-4-2-1-3-5-10/h1-7H,8-9H2. The Balaban J connectivity index is 2.15. The monoisotopic (exact) mass is 213 g/mol. The number of benzene rings is 1. The fraction of sp³-hybridized carbons (Fsp3) is 0.182. The van der Waals surface area contributed by atoms with Crippen molar-refractivity contribution in [1.82, 2.24) is 9.55 Å². The minimum absolute atomic E-state index is 0.288. The molecule has 0 unspecified atom stereocenters. The summed E-state index contributed by atoms with van der Waals surface area (Å²) in [6.07, 6.45) is 3.60. The molecule has 0 aliphatic carbocycles. The van der Waals surface area contributed by atoms with E-state index in [0.717, 1.165) is 12.4 Å². The van der Waals surface area contributed by atoms with Crippen LogP contribution < -0.4 is 0 Å². The van der Waals surface area contributed by atoms with Crippen LogP contribution in [-0.4, -0.2) is 9.55 Å². The van der Waals surface area contributed by atoms with Crippen LogP contribution in [0.5, 0.6) is 0 Å². The molecule has 1 heterocycles. The fourth-order valence-corrected chi connectivity index (χ4v) is 1.51. The van der Waals surface area contributed by atoms with Crippen LogP contribution in [0.3, 0.4) is 0 Å². The normalized spacial score (nSPS) is 9.75. The molecule has 2 rings (SSSR count). The lowest BCUT2D eigenvalue weighted by Gasteiger charge is -2.05. The summed E-state index contributed by atoms with van der Waals surface area (Å²) >= 11 is 0. The summed E-state index contributed by atoms with van der Waals surface area (Å²) in [5.74, 6) is 0.779. The van der Waals surface area contributed by atoms with E-state index in [4.69, 9.17) is 5.53 Å². The van der Waals surface area contributed by atoms with Crippen LogP contribution in [0.25, 0.3) is 10.4 Å². The molecule has 0 radical (unpaired) electrons. The van der Waals surface area contributed by atoms with E-state index in [-0.39, 0.29) is 6.54 Å². The number of hydrogen-bond donors (Lipinski definition) is 0. The zero-order valence-corrected chi connectivity index (χ0v) is 8.69. The van der Waals surface area contributed by atoms with E-state index in [1.54, 1.807) is 6.20 Å². The minimum Gasteiger partial charge on any atom is -0.330 e. The van der Waals surface area contributed by atoms with Gasteiger partial charge < -0.3 is 4.57 Å². The van der Waals surface area contributed by atoms with Gasteiger partial charge in [-0.1, -0.05) is 35.4 Å². The van der Waals surface area contributed by atoms with Crippen LogP contribution in [0.2, 0.25) is 0 Å². The first kappa shape index (κ1) is 10.3. The molecule has 0 bridgehead atoms. The number of aromatic nitrogens is 2. The lowest BCUT2D eigenvalue weighted by atomic mass is 10.2. The van der Waals surface area contributed by atoms with Crippen LogP contribution in [0, 0.1) is 0 Å². The Morgan fingerprint density at radius 3 is 2.88 bits per heavy atom. The van der Waals surface area contributed by atoms with Gasteiger partial charge in [0, 0.05) is 23.9 Å². The molecule has 0 spiro atoms. The molecule has 16 heavy (non-hydrogen) atoms. The molecule has 1 aromatic carbocycles. The van der Waals surface area contributed by atoms with Gasteiger partial charge in [0.05, 0.1) is 6.54 Å². The summed E-state index contributed by atoms with van der Waals surface area (Å²) in [4.78, 5) is 6.88. The number of hydrogen-bond acceptors (Lipinski definition) is 2. The van der Waals surface area contributed by atoms with E-state index in [9.17, 15) is 0 Å². The maximum Gasteiger partial charge on any atom is 0.114 e. The first-order valence-corrected chi connectivity index (χ1v) is 4.95. The second-order valence-corrected chi connectivity index (χ2v) is 3.35. The molecule has 0 saturated carbocycles. The largest absolute Gasteiger partial charge is 0.330 e. The van der Waals surface area contributed by atoms with Crippen molar-refractivity contribution in [3.63, 3.8) is 0 Å². The van der Waals surface area contributed by atoms with E-state index in [1.165, 1.54) is 5.56 Å². The van der Waals surface area contributed by atoms with Crippen LogP contribution in [0.1, 0.15) is 11.4 Å². The molecule has 5 nitrogen and oxygen atoms in total. The van der Waals surface area contributed by atoms with E-state index in [2.05, 4.69) is 27.1 Å². The smallest absolute Gasteiger partial charge is 0.114 e. The molecule has 0 N–H and O–H groups in total. The van der Waals surface area contributed by atoms with Crippen molar-refractivity contribution < 1.29 is 0 Å². The van der Waals surface area contributed by atoms with Crippen molar-refractivity contribution in [2.45, 2.75) is 13.1 Å². The van der Waals surface area contributed by atoms with Gasteiger partial charge in [-0.25, -0.2) is 4.98 Å². The number of nitrogens with zero attached hydrogens (tertiary/aromatic N) is 5. The van der Waals surface area contributed by atoms with Gasteiger partial charge in [-0.05, 0) is 11.1 Å². The highest BCUT2D eigenvalue weighted by molar-refractivity contribution is 5.15. The zero-order valence-electron chi connectivity index (χ0n) is 8.69. The molecule has 80 valence electrons. The summed E-state index contributed by atoms with van der Waals surface area (Å²) in [7, 11) is 0. The molecule has 1 aromatic heterocycles. The Hall–Kier alpha value is -2.26. The molecule has 0 fully saturated rings. The van der Waals surface area contributed by atoms with E-state index >= 15 is 0 Å². The van der Waals surface area contributed by atoms with Crippen molar-refractivity contribution in [3.05, 3.63) is 64.6 Å². The second kappa shape index (κ2) is 5.00. The summed E-state index contributed by atoms with van der Waals surface area (Å²) in [6.45, 7) is 1.04. The summed E-state index contributed by atoms with van der Waals surface area (Å²) in [5, 5.41) is 3.51. The van der Waals surface area contributed by atoms with Crippen molar-refractivity contribution >= 4 is 0 Å². The van der Waals surface area contributed by atoms with E-state index in [1.807, 2.05) is 29.0 Å². The quantitative estimate of drug-likeness (QED) is 0.437. The highest BCUT2D eigenvalue weighted by Gasteiger charge is 2.01. The average molecular weight is 213 g/mol. The third-order valence-corrected chi connectivity index (χ3v) is 2.27. The Morgan fingerprint density at radius 2 is 2.12 bits per heavy atom. The lowest BCUT2D eigenvalue weighted by Crippen LogP contribution is -2.03. The Kier molecular flexibility index (Phi) is 3.21. The fourth-order valence-electron chi connectivity index (χ4n) is 1.51. The summed E-state index contributed by atoms with van der Waals surface area (Å²) in [5.41, 5.74) is 9.46. The minimum atomic E-state index is 0.288. The molecule has 0 amide bonds. The van der Waals surface area contributed by atoms with Gasteiger partial charge in [-0.3, -0.25) is 0 Å². The topological polar surface area (TPSA) is 66.6 Å². The van der Waals surface area contributed by atoms with E-state index < -0.39 is 0 Å². The first-order chi connectivity index (χ1) is 7.90. The van der Waals surface area contributed by atoms with E-state index in [0.29, 0.717) is 0 Å². The zero-order chi connectivity index (χ0) is 11.2. The third kappa shape index (κ3) is 2.40. The molecule has 5 heteroatoms. The second-order valence-electron chi connectivity index (χ2n) is 3.35. The van der Waals surface area contributed by atoms with Crippen molar-refractivity contribution in [3.8, 4) is 0 Å². The van der Waals surface area contributed by atoms with Gasteiger partial charge in [0.2, 0.25) is 0 Å². The third-order valence-electron chi connectivity index (χ3n) is 2.27. The van der Waals surface area contributed by atoms with Gasteiger partial charge in [0.25, 0.3) is 0 Å². The Morgan fingerprint density at radius 1 is 1.31 bits per heavy atom. The summed E-state index contributed by atoms with van der Waals surface area (Å²) < 4.78 is 1.98. The number of rotatable bonds is 4. The first-order valence-electron chi connectivity index (χ1n) is 4.95. The molecule has 0 aliphatic heterocycles. The van der Waals surface area contributed by atoms with Gasteiger partial charge in [0.1, 0.15) is 5.82 Å². The Labute approximate surface area is 93.0 Å². The highest BCUT2D eigenvalue weighted by atomic mass is 15.2. The van der Waals surface area contributed by atoms with Crippen LogP contribution >= 0.6 is 0 Å². The molecule has 0 aliphatic rings. The number of azide groups is 1. The van der Waals surface area contributed by atoms with Gasteiger partial charge in [-0.15, -0.1) is 0 Å².